The Labute approximate surface area is 297 Å². The fourth-order valence-corrected chi connectivity index (χ4v) is 5.52. The van der Waals surface area contributed by atoms with Crippen LogP contribution >= 0.6 is 0 Å². The van der Waals surface area contributed by atoms with Gasteiger partial charge in [0.1, 0.15) is 18.8 Å². The summed E-state index contributed by atoms with van der Waals surface area (Å²) in [5, 5.41) is 37.7. The second kappa shape index (κ2) is 20.8. The van der Waals surface area contributed by atoms with Gasteiger partial charge in [-0.25, -0.2) is 4.79 Å². The monoisotopic (exact) mass is 726 g/mol. The quantitative estimate of drug-likeness (QED) is 0.0955. The molecule has 0 bridgehead atoms. The summed E-state index contributed by atoms with van der Waals surface area (Å²) >= 11 is 0. The molecule has 1 aliphatic carbocycles. The lowest BCUT2D eigenvalue weighted by atomic mass is 9.81. The smallest absolute Gasteiger partial charge is 0.493 e. The Hall–Kier alpha value is -3.90. The Kier molecular flexibility index (Phi) is 17.0. The van der Waals surface area contributed by atoms with Crippen LogP contribution in [0.15, 0.2) is 30.3 Å². The fraction of sp³-hybridized carbons (Fsp3) is 0.600. The molecule has 0 saturated carbocycles. The molecule has 3 aliphatic rings. The summed E-state index contributed by atoms with van der Waals surface area (Å²) in [5.74, 6) is 1.70. The van der Waals surface area contributed by atoms with Crippen LogP contribution in [-0.2, 0) is 34.9 Å². The van der Waals surface area contributed by atoms with Crippen molar-refractivity contribution in [1.29, 1.82) is 0 Å². The Morgan fingerprint density at radius 1 is 1.06 bits per heavy atom. The highest BCUT2D eigenvalue weighted by Gasteiger charge is 2.45. The fourth-order valence-electron chi connectivity index (χ4n) is 5.52. The summed E-state index contributed by atoms with van der Waals surface area (Å²) in [6.45, 7) is 7.45. The van der Waals surface area contributed by atoms with Crippen LogP contribution in [0.1, 0.15) is 51.3 Å². The van der Waals surface area contributed by atoms with Crippen LogP contribution in [0.25, 0.3) is 0 Å². The largest absolute Gasteiger partial charge is 0.514 e. The molecule has 1 saturated heterocycles. The van der Waals surface area contributed by atoms with Gasteiger partial charge in [-0.05, 0) is 55.2 Å². The number of ether oxygens (including phenoxy) is 10. The lowest BCUT2D eigenvalue weighted by Crippen LogP contribution is -2.34. The molecule has 2 aromatic rings. The first-order chi connectivity index (χ1) is 24.6. The molecule has 8 atom stereocenters. The van der Waals surface area contributed by atoms with Gasteiger partial charge in [-0.15, -0.1) is 0 Å². The average molecular weight is 727 g/mol. The number of rotatable bonds is 14. The highest BCUT2D eigenvalue weighted by atomic mass is 16.7. The molecule has 1 fully saturated rings. The van der Waals surface area contributed by atoms with Crippen molar-refractivity contribution in [3.8, 4) is 28.7 Å². The Morgan fingerprint density at radius 2 is 1.73 bits per heavy atom. The SMILES string of the molecule is CC.CC(O)OCC1OC(OC2c3cc4c(cc3CCC2COC=O)OCO4)C(O)C1C.COc1cccc(OC)c1OC(=O)OCC(O)CO. The number of fused-ring (bicyclic) bond motifs is 2. The third-order valence-corrected chi connectivity index (χ3v) is 8.20. The number of methoxy groups -OCH3 is 2. The summed E-state index contributed by atoms with van der Waals surface area (Å²) < 4.78 is 53.1. The molecule has 5 rings (SSSR count). The van der Waals surface area contributed by atoms with Gasteiger partial charge >= 0.3 is 6.16 Å². The molecule has 0 aromatic heterocycles. The molecule has 0 radical (unpaired) electrons. The Balaban J connectivity index is 0.000000290. The number of aliphatic hydroxyl groups excluding tert-OH is 4. The molecular formula is C35H50O16. The number of aliphatic hydroxyl groups is 4. The van der Waals surface area contributed by atoms with Crippen molar-refractivity contribution in [2.24, 2.45) is 11.8 Å². The van der Waals surface area contributed by atoms with E-state index >= 15 is 0 Å². The highest BCUT2D eigenvalue weighted by molar-refractivity contribution is 5.67. The zero-order chi connectivity index (χ0) is 37.5. The maximum atomic E-state index is 11.4. The van der Waals surface area contributed by atoms with Gasteiger partial charge in [0.15, 0.2) is 35.6 Å². The molecule has 51 heavy (non-hydrogen) atoms. The lowest BCUT2D eigenvalue weighted by molar-refractivity contribution is -0.217. The first-order valence-corrected chi connectivity index (χ1v) is 16.7. The van der Waals surface area contributed by atoms with Crippen molar-refractivity contribution < 1.29 is 77.4 Å². The van der Waals surface area contributed by atoms with E-state index in [0.717, 1.165) is 24.0 Å². The van der Waals surface area contributed by atoms with Gasteiger partial charge < -0.3 is 67.8 Å². The number of aryl methyl sites for hydroxylation is 1. The number of benzene rings is 2. The van der Waals surface area contributed by atoms with Gasteiger partial charge in [0.25, 0.3) is 6.47 Å². The number of carbonyl (C=O) groups is 2. The van der Waals surface area contributed by atoms with Crippen molar-refractivity contribution >= 4 is 12.6 Å². The van der Waals surface area contributed by atoms with Crippen LogP contribution < -0.4 is 23.7 Å². The van der Waals surface area contributed by atoms with E-state index in [9.17, 15) is 19.8 Å². The standard InChI is InChI=1S/C21H28O9.C12H16O7.C2H6/c1-11-18(8-26-12(2)23)29-21(19(11)24)30-20-14(7-25-9-22)4-3-13-5-16-17(6-15(13)20)28-10-27-16;1-16-9-4-3-5-10(17-2)11(9)19-12(15)18-7-8(14)6-13;1-2/h5-6,9,11-12,14,18-21,23-24H,3-4,7-8,10H2,1-2H3;3-5,8,13-14H,6-7H2,1-2H3;1-2H3. The minimum Gasteiger partial charge on any atom is -0.493 e. The summed E-state index contributed by atoms with van der Waals surface area (Å²) in [7, 11) is 2.84. The van der Waals surface area contributed by atoms with Crippen molar-refractivity contribution in [3.63, 3.8) is 0 Å². The first-order valence-electron chi connectivity index (χ1n) is 16.7. The summed E-state index contributed by atoms with van der Waals surface area (Å²) in [4.78, 5) is 22.2. The van der Waals surface area contributed by atoms with Crippen LogP contribution in [0.2, 0.25) is 0 Å². The van der Waals surface area contributed by atoms with E-state index in [2.05, 4.69) is 4.74 Å². The molecule has 16 nitrogen and oxygen atoms in total. The van der Waals surface area contributed by atoms with Gasteiger partial charge in [0, 0.05) is 11.8 Å². The summed E-state index contributed by atoms with van der Waals surface area (Å²) in [5.41, 5.74) is 1.98. The summed E-state index contributed by atoms with van der Waals surface area (Å²) in [6.07, 6.45) is -4.16. The number of hydrogen-bond acceptors (Lipinski definition) is 16. The van der Waals surface area contributed by atoms with Gasteiger partial charge in [0.05, 0.1) is 46.2 Å². The lowest BCUT2D eigenvalue weighted by Gasteiger charge is -2.35. The van der Waals surface area contributed by atoms with E-state index in [-0.39, 0.29) is 44.2 Å². The topological polar surface area (TPSA) is 207 Å². The van der Waals surface area contributed by atoms with Crippen molar-refractivity contribution in [3.05, 3.63) is 41.5 Å². The van der Waals surface area contributed by atoms with Gasteiger partial charge in [-0.3, -0.25) is 4.79 Å². The third kappa shape index (κ3) is 11.3. The maximum absolute atomic E-state index is 11.4. The van der Waals surface area contributed by atoms with E-state index in [1.54, 1.807) is 18.2 Å². The van der Waals surface area contributed by atoms with E-state index < -0.39 is 49.8 Å². The number of hydrogen-bond donors (Lipinski definition) is 4. The van der Waals surface area contributed by atoms with Gasteiger partial charge in [-0.2, -0.15) is 0 Å². The van der Waals surface area contributed by atoms with Crippen molar-refractivity contribution in [2.45, 2.75) is 77.5 Å². The zero-order valence-electron chi connectivity index (χ0n) is 29.7. The molecule has 2 aliphatic heterocycles. The molecule has 8 unspecified atom stereocenters. The Morgan fingerprint density at radius 3 is 2.33 bits per heavy atom. The normalized spacial score (nSPS) is 24.0. The maximum Gasteiger partial charge on any atom is 0.514 e. The predicted molar refractivity (Wildman–Crippen MR) is 178 cm³/mol. The molecule has 286 valence electrons. The highest BCUT2D eigenvalue weighted by Crippen LogP contribution is 2.45. The molecule has 2 heterocycles. The molecule has 0 spiro atoms. The molecule has 2 aromatic carbocycles. The minimum absolute atomic E-state index is 0.0796. The van der Waals surface area contributed by atoms with Crippen LogP contribution in [-0.4, -0.2) is 111 Å². The second-order valence-electron chi connectivity index (χ2n) is 11.5. The molecule has 0 amide bonds. The molecule has 16 heteroatoms. The van der Waals surface area contributed by atoms with Crippen LogP contribution in [0, 0.1) is 11.8 Å². The van der Waals surface area contributed by atoms with E-state index in [1.165, 1.54) is 21.1 Å². The van der Waals surface area contributed by atoms with Crippen molar-refractivity contribution in [1.82, 2.24) is 0 Å². The van der Waals surface area contributed by atoms with Crippen LogP contribution in [0.5, 0.6) is 28.7 Å². The second-order valence-corrected chi connectivity index (χ2v) is 11.5. The van der Waals surface area contributed by atoms with Crippen LogP contribution in [0.3, 0.4) is 0 Å². The van der Waals surface area contributed by atoms with E-state index in [0.29, 0.717) is 29.5 Å². The Bertz CT molecular complexity index is 1350. The van der Waals surface area contributed by atoms with Crippen molar-refractivity contribution in [2.75, 3.05) is 47.4 Å². The molecular weight excluding hydrogens is 676 g/mol. The summed E-state index contributed by atoms with van der Waals surface area (Å²) in [6, 6.07) is 8.71. The molecule has 4 N–H and O–H groups in total. The van der Waals surface area contributed by atoms with Gasteiger partial charge in [-0.1, -0.05) is 26.8 Å². The predicted octanol–water partition coefficient (Wildman–Crippen LogP) is 2.88. The third-order valence-electron chi connectivity index (χ3n) is 8.20. The van der Waals surface area contributed by atoms with Gasteiger partial charge in [0.2, 0.25) is 12.5 Å². The average Bonchev–Trinajstić information content (AvgIpc) is 3.72. The number of carbonyl (C=O) groups excluding carboxylic acids is 2. The van der Waals surface area contributed by atoms with Crippen LogP contribution in [0.4, 0.5) is 4.79 Å². The first kappa shape index (κ1) is 41.5. The van der Waals surface area contributed by atoms with E-state index in [4.69, 9.17) is 52.8 Å². The minimum atomic E-state index is -1.15. The van der Waals surface area contributed by atoms with E-state index in [1.807, 2.05) is 32.9 Å². The zero-order valence-corrected chi connectivity index (χ0v) is 29.7. The number of para-hydroxylation sites is 1.